The topological polar surface area (TPSA) is 69.2 Å². The van der Waals surface area contributed by atoms with Crippen molar-refractivity contribution in [3.05, 3.63) is 74.8 Å². The van der Waals surface area contributed by atoms with E-state index >= 15 is 0 Å². The van der Waals surface area contributed by atoms with Crippen LogP contribution in [-0.2, 0) is 5.41 Å². The smallest absolute Gasteiger partial charge is 0.272 e. The Morgan fingerprint density at radius 3 is 2.27 bits per heavy atom. The third kappa shape index (κ3) is 2.88. The van der Waals surface area contributed by atoms with Crippen molar-refractivity contribution in [3.63, 3.8) is 0 Å². The highest BCUT2D eigenvalue weighted by molar-refractivity contribution is 5.49. The molecule has 22 heavy (non-hydrogen) atoms. The molecule has 0 amide bonds. The Morgan fingerprint density at radius 1 is 1.14 bits per heavy atom. The van der Waals surface area contributed by atoms with E-state index in [0.29, 0.717) is 5.56 Å². The summed E-state index contributed by atoms with van der Waals surface area (Å²) in [4.78, 5) is 10.9. The van der Waals surface area contributed by atoms with Gasteiger partial charge in [0.25, 0.3) is 5.69 Å². The first-order valence-electron chi connectivity index (χ1n) is 7.31. The van der Waals surface area contributed by atoms with Crippen LogP contribution in [0.2, 0.25) is 0 Å². The van der Waals surface area contributed by atoms with Crippen LogP contribution in [-0.4, -0.2) is 4.92 Å². The fourth-order valence-electron chi connectivity index (χ4n) is 2.70. The zero-order chi connectivity index (χ0) is 16.5. The molecule has 1 atom stereocenters. The third-order valence-corrected chi connectivity index (χ3v) is 4.51. The predicted octanol–water partition coefficient (Wildman–Crippen LogP) is 4.19. The summed E-state index contributed by atoms with van der Waals surface area (Å²) < 4.78 is 0. The maximum atomic E-state index is 11.2. The van der Waals surface area contributed by atoms with Crippen molar-refractivity contribution >= 4 is 5.69 Å². The van der Waals surface area contributed by atoms with Crippen molar-refractivity contribution in [1.82, 2.24) is 0 Å². The van der Waals surface area contributed by atoms with Crippen LogP contribution in [0.4, 0.5) is 5.69 Å². The molecule has 0 heterocycles. The first-order chi connectivity index (χ1) is 10.2. The fourth-order valence-corrected chi connectivity index (χ4v) is 2.70. The van der Waals surface area contributed by atoms with Gasteiger partial charge in [-0.2, -0.15) is 0 Å². The van der Waals surface area contributed by atoms with Crippen LogP contribution in [0.5, 0.6) is 0 Å². The lowest BCUT2D eigenvalue weighted by molar-refractivity contribution is -0.385. The number of rotatable bonds is 4. The Bertz CT molecular complexity index is 694. The minimum Gasteiger partial charge on any atom is -0.323 e. The number of nitrogens with two attached hydrogens (primary N) is 1. The molecule has 0 spiro atoms. The average Bonchev–Trinajstić information content (AvgIpc) is 2.49. The normalized spacial score (nSPS) is 13.0. The summed E-state index contributed by atoms with van der Waals surface area (Å²) in [5.41, 5.74) is 9.78. The van der Waals surface area contributed by atoms with Crippen molar-refractivity contribution in [3.8, 4) is 0 Å². The fraction of sp³-hybridized carbons (Fsp3) is 0.333. The SMILES string of the molecule is Cc1cc(C(N)C(C)(C)c2ccccc2)cc([N+](=O)[O-])c1C. The summed E-state index contributed by atoms with van der Waals surface area (Å²) in [6.07, 6.45) is 0. The molecule has 0 aromatic heterocycles. The number of benzene rings is 2. The first kappa shape index (κ1) is 16.2. The monoisotopic (exact) mass is 298 g/mol. The van der Waals surface area contributed by atoms with Gasteiger partial charge in [-0.25, -0.2) is 0 Å². The predicted molar refractivity (Wildman–Crippen MR) is 89.0 cm³/mol. The molecule has 2 aromatic carbocycles. The second-order valence-corrected chi connectivity index (χ2v) is 6.30. The molecule has 0 aliphatic heterocycles. The van der Waals surface area contributed by atoms with Gasteiger partial charge in [-0.05, 0) is 30.5 Å². The molecule has 0 fully saturated rings. The maximum Gasteiger partial charge on any atom is 0.272 e. The highest BCUT2D eigenvalue weighted by Crippen LogP contribution is 2.37. The molecule has 0 saturated carbocycles. The molecular formula is C18H22N2O2. The van der Waals surface area contributed by atoms with Crippen molar-refractivity contribution in [1.29, 1.82) is 0 Å². The number of hydrogen-bond acceptors (Lipinski definition) is 3. The van der Waals surface area contributed by atoms with E-state index in [4.69, 9.17) is 5.73 Å². The molecule has 2 rings (SSSR count). The van der Waals surface area contributed by atoms with Gasteiger partial charge in [-0.15, -0.1) is 0 Å². The Labute approximate surface area is 131 Å². The van der Waals surface area contributed by atoms with Gasteiger partial charge in [0.05, 0.1) is 4.92 Å². The zero-order valence-corrected chi connectivity index (χ0v) is 13.5. The summed E-state index contributed by atoms with van der Waals surface area (Å²) in [5, 5.41) is 11.2. The van der Waals surface area contributed by atoms with Crippen LogP contribution in [0.1, 0.15) is 42.1 Å². The number of nitro benzene ring substituents is 1. The van der Waals surface area contributed by atoms with Gasteiger partial charge in [0.2, 0.25) is 0 Å². The molecule has 0 saturated heterocycles. The van der Waals surface area contributed by atoms with E-state index in [-0.39, 0.29) is 22.1 Å². The van der Waals surface area contributed by atoms with E-state index in [9.17, 15) is 10.1 Å². The van der Waals surface area contributed by atoms with Crippen LogP contribution < -0.4 is 5.73 Å². The van der Waals surface area contributed by atoms with Gasteiger partial charge in [0.1, 0.15) is 0 Å². The molecule has 0 aliphatic carbocycles. The molecular weight excluding hydrogens is 276 g/mol. The number of aryl methyl sites for hydroxylation is 1. The van der Waals surface area contributed by atoms with Crippen LogP contribution >= 0.6 is 0 Å². The lowest BCUT2D eigenvalue weighted by Gasteiger charge is -2.33. The van der Waals surface area contributed by atoms with Crippen LogP contribution in [0.15, 0.2) is 42.5 Å². The van der Waals surface area contributed by atoms with E-state index in [0.717, 1.165) is 16.7 Å². The van der Waals surface area contributed by atoms with Gasteiger partial charge < -0.3 is 5.73 Å². The van der Waals surface area contributed by atoms with Crippen molar-refractivity contribution in [2.75, 3.05) is 0 Å². The summed E-state index contributed by atoms with van der Waals surface area (Å²) in [6, 6.07) is 13.2. The molecule has 1 unspecified atom stereocenters. The summed E-state index contributed by atoms with van der Waals surface area (Å²) in [5.74, 6) is 0. The van der Waals surface area contributed by atoms with Gasteiger partial charge in [0, 0.05) is 23.1 Å². The Morgan fingerprint density at radius 2 is 1.73 bits per heavy atom. The standard InChI is InChI=1S/C18H22N2O2/c1-12-10-14(11-16(13(12)2)20(21)22)17(19)18(3,4)15-8-6-5-7-9-15/h5-11,17H,19H2,1-4H3. The van der Waals surface area contributed by atoms with Crippen LogP contribution in [0.25, 0.3) is 0 Å². The zero-order valence-electron chi connectivity index (χ0n) is 13.5. The van der Waals surface area contributed by atoms with E-state index in [1.807, 2.05) is 43.3 Å². The van der Waals surface area contributed by atoms with E-state index in [1.54, 1.807) is 13.0 Å². The Balaban J connectivity index is 2.50. The maximum absolute atomic E-state index is 11.2. The molecule has 4 heteroatoms. The largest absolute Gasteiger partial charge is 0.323 e. The van der Waals surface area contributed by atoms with Crippen LogP contribution in [0.3, 0.4) is 0 Å². The van der Waals surface area contributed by atoms with Gasteiger partial charge in [-0.3, -0.25) is 10.1 Å². The average molecular weight is 298 g/mol. The highest BCUT2D eigenvalue weighted by Gasteiger charge is 2.31. The second kappa shape index (κ2) is 5.89. The molecule has 0 radical (unpaired) electrons. The minimum absolute atomic E-state index is 0.134. The third-order valence-electron chi connectivity index (χ3n) is 4.51. The van der Waals surface area contributed by atoms with Gasteiger partial charge in [-0.1, -0.05) is 50.2 Å². The summed E-state index contributed by atoms with van der Waals surface area (Å²) >= 11 is 0. The van der Waals surface area contributed by atoms with Gasteiger partial charge >= 0.3 is 0 Å². The number of hydrogen-bond donors (Lipinski definition) is 1. The van der Waals surface area contributed by atoms with Gasteiger partial charge in [0.15, 0.2) is 0 Å². The molecule has 0 bridgehead atoms. The number of nitro groups is 1. The lowest BCUT2D eigenvalue weighted by Crippen LogP contribution is -2.33. The molecule has 2 aromatic rings. The summed E-state index contributed by atoms with van der Waals surface area (Å²) in [6.45, 7) is 7.78. The quantitative estimate of drug-likeness (QED) is 0.679. The van der Waals surface area contributed by atoms with Crippen LogP contribution in [0, 0.1) is 24.0 Å². The van der Waals surface area contributed by atoms with Crippen molar-refractivity contribution in [2.24, 2.45) is 5.73 Å². The minimum atomic E-state index is -0.339. The summed E-state index contributed by atoms with van der Waals surface area (Å²) in [7, 11) is 0. The molecule has 4 nitrogen and oxygen atoms in total. The van der Waals surface area contributed by atoms with E-state index < -0.39 is 0 Å². The first-order valence-corrected chi connectivity index (χ1v) is 7.31. The second-order valence-electron chi connectivity index (χ2n) is 6.30. The Hall–Kier alpha value is -2.20. The molecule has 2 N–H and O–H groups in total. The molecule has 0 aliphatic rings. The molecule has 116 valence electrons. The van der Waals surface area contributed by atoms with Crippen molar-refractivity contribution in [2.45, 2.75) is 39.2 Å². The van der Waals surface area contributed by atoms with Crippen molar-refractivity contribution < 1.29 is 4.92 Å². The lowest BCUT2D eigenvalue weighted by atomic mass is 9.75. The van der Waals surface area contributed by atoms with E-state index in [1.165, 1.54) is 0 Å². The highest BCUT2D eigenvalue weighted by atomic mass is 16.6. The Kier molecular flexibility index (Phi) is 4.33. The van der Waals surface area contributed by atoms with E-state index in [2.05, 4.69) is 13.8 Å². The number of nitrogens with zero attached hydrogens (tertiary/aromatic N) is 1.